The molecule has 0 aromatic carbocycles. The van der Waals surface area contributed by atoms with Crippen LogP contribution >= 0.6 is 0 Å². The molecule has 1 unspecified atom stereocenters. The number of allylic oxidation sites excluding steroid dienone is 16. The molecule has 0 saturated carbocycles. The largest absolute Gasteiger partial charge is 0.462 e. The van der Waals surface area contributed by atoms with Crippen LogP contribution in [0.25, 0.3) is 0 Å². The molecular formula is C60H100O6. The first kappa shape index (κ1) is 62.3. The summed E-state index contributed by atoms with van der Waals surface area (Å²) in [5.41, 5.74) is 0. The zero-order chi connectivity index (χ0) is 47.9. The van der Waals surface area contributed by atoms with E-state index in [-0.39, 0.29) is 44.0 Å². The Labute approximate surface area is 407 Å². The second-order valence-electron chi connectivity index (χ2n) is 17.8. The van der Waals surface area contributed by atoms with Crippen LogP contribution in [-0.2, 0) is 28.6 Å². The monoisotopic (exact) mass is 917 g/mol. The van der Waals surface area contributed by atoms with Gasteiger partial charge in [0, 0.05) is 19.3 Å². The van der Waals surface area contributed by atoms with Crippen LogP contribution in [-0.4, -0.2) is 37.2 Å². The van der Waals surface area contributed by atoms with Crippen LogP contribution in [0.3, 0.4) is 0 Å². The number of ether oxygens (including phenoxy) is 3. The van der Waals surface area contributed by atoms with Crippen molar-refractivity contribution in [3.05, 3.63) is 97.2 Å². The molecule has 0 fully saturated rings. The maximum atomic E-state index is 12.8. The first-order chi connectivity index (χ1) is 32.5. The van der Waals surface area contributed by atoms with Crippen molar-refractivity contribution in [1.29, 1.82) is 0 Å². The third-order valence-electron chi connectivity index (χ3n) is 11.4. The number of carbonyl (C=O) groups is 3. The van der Waals surface area contributed by atoms with Gasteiger partial charge in [-0.25, -0.2) is 0 Å². The van der Waals surface area contributed by atoms with Crippen LogP contribution in [0.5, 0.6) is 0 Å². The average molecular weight is 917 g/mol. The zero-order valence-electron chi connectivity index (χ0n) is 42.9. The molecule has 0 radical (unpaired) electrons. The Bertz CT molecular complexity index is 1330. The lowest BCUT2D eigenvalue weighted by atomic mass is 10.1. The Morgan fingerprint density at radius 3 is 1.17 bits per heavy atom. The van der Waals surface area contributed by atoms with Crippen LogP contribution < -0.4 is 0 Å². The Hall–Kier alpha value is -3.67. The molecule has 0 amide bonds. The molecular weight excluding hydrogens is 817 g/mol. The van der Waals surface area contributed by atoms with Gasteiger partial charge >= 0.3 is 17.9 Å². The lowest BCUT2D eigenvalue weighted by Gasteiger charge is -2.18. The number of unbranched alkanes of at least 4 members (excludes halogenated alkanes) is 24. The van der Waals surface area contributed by atoms with Gasteiger partial charge in [-0.2, -0.15) is 0 Å². The van der Waals surface area contributed by atoms with Gasteiger partial charge in [-0.3, -0.25) is 14.4 Å². The molecule has 66 heavy (non-hydrogen) atoms. The van der Waals surface area contributed by atoms with Crippen molar-refractivity contribution in [2.45, 2.75) is 252 Å². The Balaban J connectivity index is 4.44. The van der Waals surface area contributed by atoms with Crippen LogP contribution in [0.2, 0.25) is 0 Å². The van der Waals surface area contributed by atoms with E-state index in [1.807, 2.05) is 0 Å². The van der Waals surface area contributed by atoms with Crippen molar-refractivity contribution in [2.24, 2.45) is 0 Å². The summed E-state index contributed by atoms with van der Waals surface area (Å²) in [6.07, 6.45) is 71.2. The molecule has 0 aromatic rings. The van der Waals surface area contributed by atoms with E-state index in [2.05, 4.69) is 118 Å². The Kier molecular flexibility index (Phi) is 50.9. The molecule has 6 nitrogen and oxygen atoms in total. The minimum atomic E-state index is -0.812. The van der Waals surface area contributed by atoms with E-state index in [1.54, 1.807) is 0 Å². The highest BCUT2D eigenvalue weighted by Crippen LogP contribution is 2.14. The molecule has 6 heteroatoms. The molecule has 0 aromatic heterocycles. The minimum Gasteiger partial charge on any atom is -0.462 e. The van der Waals surface area contributed by atoms with E-state index >= 15 is 0 Å². The van der Waals surface area contributed by atoms with Crippen LogP contribution in [0.15, 0.2) is 97.2 Å². The summed E-state index contributed by atoms with van der Waals surface area (Å²) in [7, 11) is 0. The first-order valence-corrected chi connectivity index (χ1v) is 27.3. The van der Waals surface area contributed by atoms with Gasteiger partial charge in [0.1, 0.15) is 13.2 Å². The molecule has 0 N–H and O–H groups in total. The lowest BCUT2D eigenvalue weighted by Crippen LogP contribution is -2.30. The quantitative estimate of drug-likeness (QED) is 0.0199. The molecule has 0 aliphatic rings. The third kappa shape index (κ3) is 51.3. The molecule has 376 valence electrons. The molecule has 0 saturated heterocycles. The molecule has 0 heterocycles. The van der Waals surface area contributed by atoms with Crippen LogP contribution in [0, 0.1) is 0 Å². The summed E-state index contributed by atoms with van der Waals surface area (Å²) in [6.45, 7) is 6.41. The SMILES string of the molecule is CC/C=C\C/C=C\C/C=C\CCCC(=O)OCC(COC(=O)CCCCCCCCC/C=C\CCCCCCCCCC)OC(=O)CCCCCCC\C=C/C=C\C=C/C=C\CCCCC. The average Bonchev–Trinajstić information content (AvgIpc) is 3.31. The minimum absolute atomic E-state index is 0.106. The van der Waals surface area contributed by atoms with Gasteiger partial charge in [-0.1, -0.05) is 227 Å². The Morgan fingerprint density at radius 1 is 0.333 bits per heavy atom. The topological polar surface area (TPSA) is 78.9 Å². The highest BCUT2D eigenvalue weighted by molar-refractivity contribution is 5.71. The van der Waals surface area contributed by atoms with Crippen molar-refractivity contribution in [3.8, 4) is 0 Å². The summed E-state index contributed by atoms with van der Waals surface area (Å²) < 4.78 is 16.7. The summed E-state index contributed by atoms with van der Waals surface area (Å²) >= 11 is 0. The normalized spacial score (nSPS) is 12.8. The summed E-state index contributed by atoms with van der Waals surface area (Å²) in [6, 6.07) is 0. The predicted octanol–water partition coefficient (Wildman–Crippen LogP) is 18.1. The van der Waals surface area contributed by atoms with E-state index in [1.165, 1.54) is 109 Å². The highest BCUT2D eigenvalue weighted by Gasteiger charge is 2.19. The van der Waals surface area contributed by atoms with Crippen LogP contribution in [0.1, 0.15) is 245 Å². The van der Waals surface area contributed by atoms with Gasteiger partial charge in [-0.15, -0.1) is 0 Å². The molecule has 0 rings (SSSR count). The second-order valence-corrected chi connectivity index (χ2v) is 17.8. The van der Waals surface area contributed by atoms with E-state index in [9.17, 15) is 14.4 Å². The smallest absolute Gasteiger partial charge is 0.306 e. The number of rotatable bonds is 48. The summed E-state index contributed by atoms with van der Waals surface area (Å²) in [5.74, 6) is -0.991. The van der Waals surface area contributed by atoms with E-state index in [4.69, 9.17) is 14.2 Å². The number of hydrogen-bond donors (Lipinski definition) is 0. The molecule has 0 spiro atoms. The van der Waals surface area contributed by atoms with E-state index < -0.39 is 6.10 Å². The van der Waals surface area contributed by atoms with Crippen molar-refractivity contribution >= 4 is 17.9 Å². The van der Waals surface area contributed by atoms with Gasteiger partial charge in [0.15, 0.2) is 6.10 Å². The number of hydrogen-bond acceptors (Lipinski definition) is 6. The fourth-order valence-electron chi connectivity index (χ4n) is 7.30. The third-order valence-corrected chi connectivity index (χ3v) is 11.4. The molecule has 0 aliphatic heterocycles. The van der Waals surface area contributed by atoms with E-state index in [0.29, 0.717) is 12.8 Å². The molecule has 0 bridgehead atoms. The lowest BCUT2D eigenvalue weighted by molar-refractivity contribution is -0.167. The van der Waals surface area contributed by atoms with Crippen molar-refractivity contribution in [2.75, 3.05) is 13.2 Å². The van der Waals surface area contributed by atoms with Crippen molar-refractivity contribution in [1.82, 2.24) is 0 Å². The van der Waals surface area contributed by atoms with Gasteiger partial charge < -0.3 is 14.2 Å². The highest BCUT2D eigenvalue weighted by atomic mass is 16.6. The van der Waals surface area contributed by atoms with E-state index in [0.717, 1.165) is 89.9 Å². The van der Waals surface area contributed by atoms with Gasteiger partial charge in [0.05, 0.1) is 0 Å². The number of esters is 3. The first-order valence-electron chi connectivity index (χ1n) is 27.3. The zero-order valence-corrected chi connectivity index (χ0v) is 42.9. The van der Waals surface area contributed by atoms with Crippen molar-refractivity contribution < 1.29 is 28.6 Å². The Morgan fingerprint density at radius 2 is 0.667 bits per heavy atom. The fraction of sp³-hybridized carbons (Fsp3) is 0.683. The number of carbonyl (C=O) groups excluding carboxylic acids is 3. The second kappa shape index (κ2) is 53.9. The van der Waals surface area contributed by atoms with Gasteiger partial charge in [0.25, 0.3) is 0 Å². The molecule has 1 atom stereocenters. The standard InChI is InChI=1S/C60H100O6/c1-4-7-10-13-16-19-22-24-26-28-30-32-33-35-38-41-44-47-50-53-59(62)65-56-57(55-64-58(61)52-49-46-43-40-37-21-18-15-12-9-6-3)66-60(63)54-51-48-45-42-39-36-34-31-29-27-25-23-20-17-14-11-8-5-2/h9,12,17-18,20-21,23,25,27-31,34,40,43,57H,4-8,10-11,13-16,19,22,24,26,32-33,35-39,41-42,44-56H2,1-3H3/b12-9-,20-17-,21-18-,25-23-,29-27-,30-28-,34-31-,43-40-. The van der Waals surface area contributed by atoms with Crippen LogP contribution in [0.4, 0.5) is 0 Å². The summed E-state index contributed by atoms with van der Waals surface area (Å²) in [5, 5.41) is 0. The van der Waals surface area contributed by atoms with Gasteiger partial charge in [0.2, 0.25) is 0 Å². The predicted molar refractivity (Wildman–Crippen MR) is 284 cm³/mol. The van der Waals surface area contributed by atoms with Gasteiger partial charge in [-0.05, 0) is 96.3 Å². The van der Waals surface area contributed by atoms with Crippen molar-refractivity contribution in [3.63, 3.8) is 0 Å². The molecule has 0 aliphatic carbocycles. The maximum absolute atomic E-state index is 12.8. The summed E-state index contributed by atoms with van der Waals surface area (Å²) in [4.78, 5) is 38.0. The maximum Gasteiger partial charge on any atom is 0.306 e. The fourth-order valence-corrected chi connectivity index (χ4v) is 7.30.